The second kappa shape index (κ2) is 12.7. The largest absolute Gasteiger partial charge is 0.494 e. The number of hydrogen-bond donors (Lipinski definition) is 2. The van der Waals surface area contributed by atoms with E-state index in [1.165, 1.54) is 12.1 Å². The first-order chi connectivity index (χ1) is 20.2. The van der Waals surface area contributed by atoms with E-state index in [9.17, 15) is 13.2 Å². The summed E-state index contributed by atoms with van der Waals surface area (Å²) in [5, 5.41) is 1.58. The molecule has 9 heteroatoms. The molecule has 0 unspecified atom stereocenters. The maximum Gasteiger partial charge on any atom is 0.281 e. The Kier molecular flexibility index (Phi) is 8.85. The zero-order valence-corrected chi connectivity index (χ0v) is 24.9. The number of aromatic nitrogens is 1. The van der Waals surface area contributed by atoms with Gasteiger partial charge in [-0.3, -0.25) is 4.79 Å². The smallest absolute Gasteiger partial charge is 0.281 e. The molecule has 1 amide bonds. The number of hydrogen-bond acceptors (Lipinski definition) is 5. The Balaban J connectivity index is 1.26. The van der Waals surface area contributed by atoms with Crippen LogP contribution in [0.5, 0.6) is 11.5 Å². The fourth-order valence-corrected chi connectivity index (χ4v) is 5.84. The van der Waals surface area contributed by atoms with Crippen LogP contribution in [-0.4, -0.2) is 25.9 Å². The van der Waals surface area contributed by atoms with E-state index >= 15 is 0 Å². The number of carbonyl (C=O) groups is 1. The molecular formula is C33H31ClN2O5S. The van der Waals surface area contributed by atoms with Crippen molar-refractivity contribution in [2.45, 2.75) is 38.2 Å². The number of ether oxygens (including phenoxy) is 2. The number of H-pyrrole nitrogens is 1. The summed E-state index contributed by atoms with van der Waals surface area (Å²) in [6, 6.07) is 26.9. The third-order valence-corrected chi connectivity index (χ3v) is 8.84. The summed E-state index contributed by atoms with van der Waals surface area (Å²) in [6.45, 7) is 4.64. The van der Waals surface area contributed by atoms with Gasteiger partial charge < -0.3 is 14.5 Å². The van der Waals surface area contributed by atoms with Gasteiger partial charge in [0, 0.05) is 15.9 Å². The zero-order chi connectivity index (χ0) is 29.7. The second-order valence-corrected chi connectivity index (χ2v) is 12.1. The lowest BCUT2D eigenvalue weighted by atomic mass is 10.1. The molecule has 0 radical (unpaired) electrons. The summed E-state index contributed by atoms with van der Waals surface area (Å²) in [7, 11) is -4.13. The van der Waals surface area contributed by atoms with E-state index in [4.69, 9.17) is 21.1 Å². The van der Waals surface area contributed by atoms with Gasteiger partial charge in [0.15, 0.2) is 0 Å². The van der Waals surface area contributed by atoms with Crippen molar-refractivity contribution in [2.75, 3.05) is 6.61 Å². The molecule has 0 bridgehead atoms. The highest BCUT2D eigenvalue weighted by molar-refractivity contribution is 7.90. The summed E-state index contributed by atoms with van der Waals surface area (Å²) in [4.78, 5) is 16.4. The van der Waals surface area contributed by atoms with Crippen LogP contribution in [0.15, 0.2) is 95.9 Å². The van der Waals surface area contributed by atoms with E-state index in [-0.39, 0.29) is 10.6 Å². The maximum atomic E-state index is 13.3. The summed E-state index contributed by atoms with van der Waals surface area (Å²) >= 11 is 6.26. The number of nitrogens with one attached hydrogen (secondary N) is 2. The van der Waals surface area contributed by atoms with Gasteiger partial charge >= 0.3 is 0 Å². The lowest BCUT2D eigenvalue weighted by Gasteiger charge is -2.11. The molecule has 216 valence electrons. The number of para-hydroxylation sites is 1. The molecule has 5 rings (SSSR count). The normalized spacial score (nSPS) is 11.4. The quantitative estimate of drug-likeness (QED) is 0.157. The Bertz CT molecular complexity index is 1790. The predicted molar refractivity (Wildman–Crippen MR) is 165 cm³/mol. The first kappa shape index (κ1) is 29.2. The Morgan fingerprint density at radius 2 is 1.52 bits per heavy atom. The van der Waals surface area contributed by atoms with Gasteiger partial charge in [-0.1, -0.05) is 60.1 Å². The lowest BCUT2D eigenvalue weighted by molar-refractivity contribution is 0.0976. The topological polar surface area (TPSA) is 97.5 Å². The minimum atomic E-state index is -4.13. The van der Waals surface area contributed by atoms with Gasteiger partial charge in [-0.2, -0.15) is 0 Å². The second-order valence-electron chi connectivity index (χ2n) is 10.0. The number of aromatic amines is 1. The average molecular weight is 603 g/mol. The minimum absolute atomic E-state index is 0.0393. The maximum absolute atomic E-state index is 13.3. The first-order valence-electron chi connectivity index (χ1n) is 13.5. The van der Waals surface area contributed by atoms with Crippen molar-refractivity contribution in [2.24, 2.45) is 0 Å². The number of halogens is 1. The third-order valence-electron chi connectivity index (χ3n) is 6.90. The molecule has 0 aliphatic heterocycles. The first-order valence-corrected chi connectivity index (χ1v) is 15.4. The van der Waals surface area contributed by atoms with Gasteiger partial charge in [0.1, 0.15) is 23.8 Å². The molecule has 1 heterocycles. The minimum Gasteiger partial charge on any atom is -0.494 e. The third kappa shape index (κ3) is 6.78. The predicted octanol–water partition coefficient (Wildman–Crippen LogP) is 7.15. The molecule has 5 aromatic rings. The highest BCUT2D eigenvalue weighted by Gasteiger charge is 2.23. The van der Waals surface area contributed by atoms with Crippen LogP contribution in [0.3, 0.4) is 0 Å². The van der Waals surface area contributed by atoms with Crippen LogP contribution >= 0.6 is 11.6 Å². The van der Waals surface area contributed by atoms with Gasteiger partial charge in [0.25, 0.3) is 15.9 Å². The van der Waals surface area contributed by atoms with E-state index in [1.807, 2.05) is 80.6 Å². The van der Waals surface area contributed by atoms with Crippen LogP contribution in [0.25, 0.3) is 10.9 Å². The summed E-state index contributed by atoms with van der Waals surface area (Å²) < 4.78 is 40.1. The molecule has 2 N–H and O–H groups in total. The van der Waals surface area contributed by atoms with Gasteiger partial charge in [-0.25, -0.2) is 13.1 Å². The Morgan fingerprint density at radius 1 is 0.857 bits per heavy atom. The van der Waals surface area contributed by atoms with Crippen LogP contribution in [0, 0.1) is 13.8 Å². The lowest BCUT2D eigenvalue weighted by Crippen LogP contribution is -2.31. The monoisotopic (exact) mass is 602 g/mol. The van der Waals surface area contributed by atoms with Crippen LogP contribution in [0.1, 0.15) is 39.2 Å². The van der Waals surface area contributed by atoms with Crippen molar-refractivity contribution >= 4 is 38.4 Å². The van der Waals surface area contributed by atoms with Crippen LogP contribution in [0.4, 0.5) is 0 Å². The molecular weight excluding hydrogens is 572 g/mol. The van der Waals surface area contributed by atoms with Crippen LogP contribution in [-0.2, 0) is 23.1 Å². The number of carbonyl (C=O) groups excluding carboxylic acids is 1. The molecule has 4 aromatic carbocycles. The number of sulfonamides is 1. The van der Waals surface area contributed by atoms with E-state index in [0.29, 0.717) is 31.8 Å². The molecule has 0 saturated carbocycles. The van der Waals surface area contributed by atoms with Gasteiger partial charge in [-0.15, -0.1) is 0 Å². The molecule has 0 aliphatic rings. The Morgan fingerprint density at radius 3 is 2.24 bits per heavy atom. The van der Waals surface area contributed by atoms with Crippen LogP contribution in [0.2, 0.25) is 5.02 Å². The van der Waals surface area contributed by atoms with Crippen molar-refractivity contribution in [3.05, 3.63) is 124 Å². The average Bonchev–Trinajstić information content (AvgIpc) is 3.36. The molecule has 7 nitrogen and oxygen atoms in total. The van der Waals surface area contributed by atoms with Gasteiger partial charge in [0.05, 0.1) is 11.5 Å². The molecule has 0 aliphatic carbocycles. The molecule has 0 saturated heterocycles. The fraction of sp³-hybridized carbons (Fsp3) is 0.182. The summed E-state index contributed by atoms with van der Waals surface area (Å²) in [6.07, 6.45) is 1.12. The van der Waals surface area contributed by atoms with Crippen molar-refractivity contribution in [1.29, 1.82) is 0 Å². The SMILES string of the molecule is Cc1cc(OCCCc2c(C(=O)NS(=O)(=O)c3ccc(OCc4ccccc4)cc3)[nH]c3ccccc23)cc(C)c1Cl. The van der Waals surface area contributed by atoms with E-state index in [2.05, 4.69) is 9.71 Å². The number of amides is 1. The Labute approximate surface area is 250 Å². The molecule has 0 atom stereocenters. The summed E-state index contributed by atoms with van der Waals surface area (Å²) in [5.41, 5.74) is 4.57. The standard InChI is InChI=1S/C33H31ClN2O5S/c1-22-19-26(20-23(2)31(22)34)40-18-8-12-29-28-11-6-7-13-30(28)35-32(29)33(37)36-42(38,39)27-16-14-25(15-17-27)41-21-24-9-4-3-5-10-24/h3-7,9-11,13-17,19-20,35H,8,12,18,21H2,1-2H3,(H,36,37). The van der Waals surface area contributed by atoms with E-state index < -0.39 is 15.9 Å². The van der Waals surface area contributed by atoms with E-state index in [0.717, 1.165) is 43.9 Å². The zero-order valence-electron chi connectivity index (χ0n) is 23.3. The molecule has 0 spiro atoms. The van der Waals surface area contributed by atoms with Gasteiger partial charge in [-0.05, 0) is 91.4 Å². The summed E-state index contributed by atoms with van der Waals surface area (Å²) in [5.74, 6) is 0.525. The highest BCUT2D eigenvalue weighted by atomic mass is 35.5. The van der Waals surface area contributed by atoms with Crippen LogP contribution < -0.4 is 14.2 Å². The number of fused-ring (bicyclic) bond motifs is 1. The molecule has 1 aromatic heterocycles. The van der Waals surface area contributed by atoms with Crippen molar-refractivity contribution in [3.63, 3.8) is 0 Å². The fourth-order valence-electron chi connectivity index (χ4n) is 4.77. The van der Waals surface area contributed by atoms with E-state index in [1.54, 1.807) is 12.1 Å². The molecule has 42 heavy (non-hydrogen) atoms. The Hall–Kier alpha value is -4.27. The van der Waals surface area contributed by atoms with Crippen molar-refractivity contribution in [1.82, 2.24) is 9.71 Å². The molecule has 0 fully saturated rings. The number of benzene rings is 4. The number of rotatable bonds is 11. The van der Waals surface area contributed by atoms with Gasteiger partial charge in [0.2, 0.25) is 0 Å². The van der Waals surface area contributed by atoms with Crippen molar-refractivity contribution < 1.29 is 22.7 Å². The number of aryl methyl sites for hydroxylation is 3. The highest BCUT2D eigenvalue weighted by Crippen LogP contribution is 2.27. The van der Waals surface area contributed by atoms with Crippen molar-refractivity contribution in [3.8, 4) is 11.5 Å².